The Hall–Kier alpha value is -2.57. The van der Waals surface area contributed by atoms with Crippen LogP contribution in [0.2, 0.25) is 10.0 Å². The van der Waals surface area contributed by atoms with Crippen LogP contribution in [0.4, 0.5) is 0 Å². The number of carbonyl (C=O) groups excluding carboxylic acids is 2. The van der Waals surface area contributed by atoms with Crippen LogP contribution in [-0.4, -0.2) is 24.6 Å². The molecule has 0 heterocycles. The second-order valence-corrected chi connectivity index (χ2v) is 6.40. The van der Waals surface area contributed by atoms with Crippen molar-refractivity contribution in [1.82, 2.24) is 10.7 Å². The summed E-state index contributed by atoms with van der Waals surface area (Å²) in [4.78, 5) is 22.9. The number of amides is 2. The lowest BCUT2D eigenvalue weighted by atomic mass is 10.2. The summed E-state index contributed by atoms with van der Waals surface area (Å²) in [5.74, 6) is -1.03. The SMILES string of the molecule is CCCNC(=O)C(=O)N/N=C\c1ccc(OCc2ccc(Cl)cc2)c(Cl)c1. The molecule has 0 aliphatic carbocycles. The first-order valence-electron chi connectivity index (χ1n) is 8.27. The number of ether oxygens (including phenoxy) is 1. The summed E-state index contributed by atoms with van der Waals surface area (Å²) < 4.78 is 5.69. The molecule has 27 heavy (non-hydrogen) atoms. The molecule has 2 aromatic rings. The van der Waals surface area contributed by atoms with Crippen LogP contribution >= 0.6 is 23.2 Å². The van der Waals surface area contributed by atoms with Gasteiger partial charge in [0.05, 0.1) is 11.2 Å². The Kier molecular flexibility index (Phi) is 8.10. The molecule has 0 aromatic heterocycles. The zero-order valence-electron chi connectivity index (χ0n) is 14.7. The fourth-order valence-corrected chi connectivity index (χ4v) is 2.36. The standard InChI is InChI=1S/C19H19Cl2N3O3/c1-2-9-22-18(25)19(26)24-23-11-14-5-8-17(16(21)10-14)27-12-13-3-6-15(20)7-4-13/h3-8,10-11H,2,9,12H2,1H3,(H,22,25)(H,24,26)/b23-11-. The van der Waals surface area contributed by atoms with E-state index in [1.807, 2.05) is 19.1 Å². The van der Waals surface area contributed by atoms with Crippen molar-refractivity contribution in [1.29, 1.82) is 0 Å². The van der Waals surface area contributed by atoms with Crippen LogP contribution in [-0.2, 0) is 16.2 Å². The summed E-state index contributed by atoms with van der Waals surface area (Å²) >= 11 is 12.1. The highest BCUT2D eigenvalue weighted by Gasteiger charge is 2.10. The Labute approximate surface area is 167 Å². The Balaban J connectivity index is 1.88. The summed E-state index contributed by atoms with van der Waals surface area (Å²) in [6, 6.07) is 12.4. The van der Waals surface area contributed by atoms with Crippen LogP contribution in [0.25, 0.3) is 0 Å². The molecule has 142 valence electrons. The van der Waals surface area contributed by atoms with Gasteiger partial charge in [-0.15, -0.1) is 0 Å². The Morgan fingerprint density at radius 1 is 1.11 bits per heavy atom. The minimum absolute atomic E-state index is 0.354. The van der Waals surface area contributed by atoms with E-state index in [2.05, 4.69) is 15.8 Å². The second-order valence-electron chi connectivity index (χ2n) is 5.56. The van der Waals surface area contributed by atoms with Gasteiger partial charge in [0.2, 0.25) is 0 Å². The van der Waals surface area contributed by atoms with Crippen LogP contribution in [0.1, 0.15) is 24.5 Å². The third kappa shape index (κ3) is 6.92. The lowest BCUT2D eigenvalue weighted by Crippen LogP contribution is -2.38. The molecule has 2 amide bonds. The number of hydrogen-bond donors (Lipinski definition) is 2. The monoisotopic (exact) mass is 407 g/mol. The van der Waals surface area contributed by atoms with E-state index in [0.29, 0.717) is 34.5 Å². The molecule has 0 spiro atoms. The van der Waals surface area contributed by atoms with E-state index in [4.69, 9.17) is 27.9 Å². The molecule has 0 radical (unpaired) electrons. The summed E-state index contributed by atoms with van der Waals surface area (Å²) in [5.41, 5.74) is 3.77. The van der Waals surface area contributed by atoms with Gasteiger partial charge >= 0.3 is 11.8 Å². The molecule has 0 saturated heterocycles. The van der Waals surface area contributed by atoms with Crippen molar-refractivity contribution in [2.45, 2.75) is 20.0 Å². The van der Waals surface area contributed by atoms with E-state index in [1.165, 1.54) is 6.21 Å². The van der Waals surface area contributed by atoms with Gasteiger partial charge in [-0.25, -0.2) is 5.43 Å². The molecule has 2 aromatic carbocycles. The number of nitrogens with one attached hydrogen (secondary N) is 2. The highest BCUT2D eigenvalue weighted by molar-refractivity contribution is 6.35. The van der Waals surface area contributed by atoms with Gasteiger partial charge in [0, 0.05) is 11.6 Å². The van der Waals surface area contributed by atoms with E-state index in [9.17, 15) is 9.59 Å². The minimum atomic E-state index is -0.825. The molecule has 0 fully saturated rings. The van der Waals surface area contributed by atoms with Crippen molar-refractivity contribution in [3.63, 3.8) is 0 Å². The number of benzene rings is 2. The van der Waals surface area contributed by atoms with Gasteiger partial charge in [-0.3, -0.25) is 9.59 Å². The van der Waals surface area contributed by atoms with Crippen molar-refractivity contribution in [2.75, 3.05) is 6.54 Å². The quantitative estimate of drug-likeness (QED) is 0.418. The lowest BCUT2D eigenvalue weighted by Gasteiger charge is -2.08. The Morgan fingerprint density at radius 3 is 2.52 bits per heavy atom. The number of halogens is 2. The molecule has 2 rings (SSSR count). The van der Waals surface area contributed by atoms with Gasteiger partial charge < -0.3 is 10.1 Å². The Bertz CT molecular complexity index is 823. The van der Waals surface area contributed by atoms with E-state index in [-0.39, 0.29) is 0 Å². The molecule has 8 heteroatoms. The summed E-state index contributed by atoms with van der Waals surface area (Å²) in [6.45, 7) is 2.68. The maximum absolute atomic E-state index is 11.5. The summed E-state index contributed by atoms with van der Waals surface area (Å²) in [5, 5.41) is 7.27. The van der Waals surface area contributed by atoms with Gasteiger partial charge in [-0.1, -0.05) is 42.3 Å². The normalized spacial score (nSPS) is 10.6. The first kappa shape index (κ1) is 20.7. The highest BCUT2D eigenvalue weighted by Crippen LogP contribution is 2.26. The van der Waals surface area contributed by atoms with E-state index >= 15 is 0 Å². The molecule has 6 nitrogen and oxygen atoms in total. The van der Waals surface area contributed by atoms with Gasteiger partial charge in [0.1, 0.15) is 12.4 Å². The third-order valence-corrected chi connectivity index (χ3v) is 3.93. The smallest absolute Gasteiger partial charge is 0.329 e. The molecule has 0 aliphatic heterocycles. The Morgan fingerprint density at radius 2 is 1.85 bits per heavy atom. The third-order valence-electron chi connectivity index (χ3n) is 3.39. The minimum Gasteiger partial charge on any atom is -0.487 e. The first-order chi connectivity index (χ1) is 13.0. The molecule has 0 unspecified atom stereocenters. The first-order valence-corrected chi connectivity index (χ1v) is 9.03. The van der Waals surface area contributed by atoms with E-state index in [0.717, 1.165) is 12.0 Å². The molecule has 0 aliphatic rings. The lowest BCUT2D eigenvalue weighted by molar-refractivity contribution is -0.139. The van der Waals surface area contributed by atoms with Crippen LogP contribution < -0.4 is 15.5 Å². The van der Waals surface area contributed by atoms with Crippen molar-refractivity contribution in [3.05, 3.63) is 63.6 Å². The summed E-state index contributed by atoms with van der Waals surface area (Å²) in [7, 11) is 0. The molecular weight excluding hydrogens is 389 g/mol. The maximum atomic E-state index is 11.5. The topological polar surface area (TPSA) is 79.8 Å². The number of hydrazone groups is 1. The maximum Gasteiger partial charge on any atom is 0.329 e. The van der Waals surface area contributed by atoms with E-state index < -0.39 is 11.8 Å². The van der Waals surface area contributed by atoms with Crippen molar-refractivity contribution >= 4 is 41.2 Å². The number of nitrogens with zero attached hydrogens (tertiary/aromatic N) is 1. The second kappa shape index (κ2) is 10.5. The molecule has 0 bridgehead atoms. The number of hydrogen-bond acceptors (Lipinski definition) is 4. The summed E-state index contributed by atoms with van der Waals surface area (Å²) in [6.07, 6.45) is 2.13. The fraction of sp³-hybridized carbons (Fsp3) is 0.211. The van der Waals surface area contributed by atoms with Crippen LogP contribution in [0, 0.1) is 0 Å². The molecule has 0 atom stereocenters. The molecular formula is C19H19Cl2N3O3. The predicted molar refractivity (Wildman–Crippen MR) is 106 cm³/mol. The van der Waals surface area contributed by atoms with Gasteiger partial charge in [0.25, 0.3) is 0 Å². The largest absolute Gasteiger partial charge is 0.487 e. The van der Waals surface area contributed by atoms with Crippen molar-refractivity contribution in [2.24, 2.45) is 5.10 Å². The number of rotatable bonds is 7. The molecule has 2 N–H and O–H groups in total. The van der Waals surface area contributed by atoms with Gasteiger partial charge in [-0.2, -0.15) is 5.10 Å². The fourth-order valence-electron chi connectivity index (χ4n) is 1.99. The van der Waals surface area contributed by atoms with Crippen molar-refractivity contribution in [3.8, 4) is 5.75 Å². The molecule has 0 saturated carbocycles. The zero-order valence-corrected chi connectivity index (χ0v) is 16.2. The van der Waals surface area contributed by atoms with Crippen LogP contribution in [0.5, 0.6) is 5.75 Å². The average Bonchev–Trinajstić information content (AvgIpc) is 2.66. The van der Waals surface area contributed by atoms with Crippen LogP contribution in [0.15, 0.2) is 47.6 Å². The van der Waals surface area contributed by atoms with E-state index in [1.54, 1.807) is 30.3 Å². The highest BCUT2D eigenvalue weighted by atomic mass is 35.5. The number of carbonyl (C=O) groups is 2. The predicted octanol–water partition coefficient (Wildman–Crippen LogP) is 3.55. The van der Waals surface area contributed by atoms with Gasteiger partial charge in [-0.05, 0) is 47.9 Å². The average molecular weight is 408 g/mol. The van der Waals surface area contributed by atoms with Crippen LogP contribution in [0.3, 0.4) is 0 Å². The van der Waals surface area contributed by atoms with Crippen molar-refractivity contribution < 1.29 is 14.3 Å². The zero-order chi connectivity index (χ0) is 19.6. The van der Waals surface area contributed by atoms with Gasteiger partial charge in [0.15, 0.2) is 0 Å².